The molecule has 1 amide bonds. The van der Waals surface area contributed by atoms with Crippen LogP contribution in [0.15, 0.2) is 47.4 Å². The highest BCUT2D eigenvalue weighted by atomic mass is 16.5. The second-order valence-corrected chi connectivity index (χ2v) is 6.58. The van der Waals surface area contributed by atoms with E-state index >= 15 is 0 Å². The topological polar surface area (TPSA) is 77.7 Å². The first-order valence-electron chi connectivity index (χ1n) is 9.24. The number of pyridine rings is 1. The summed E-state index contributed by atoms with van der Waals surface area (Å²) < 4.78 is 5.21. The monoisotopic (exact) mass is 370 g/mol. The van der Waals surface area contributed by atoms with Gasteiger partial charge in [0.1, 0.15) is 5.75 Å². The van der Waals surface area contributed by atoms with Gasteiger partial charge in [-0.3, -0.25) is 14.5 Å². The van der Waals surface area contributed by atoms with E-state index in [9.17, 15) is 9.59 Å². The van der Waals surface area contributed by atoms with Gasteiger partial charge in [0.25, 0.3) is 5.91 Å². The maximum absolute atomic E-state index is 12.0. The molecule has 0 bridgehead atoms. The number of carbonyl (C=O) groups excluding carboxylic acids is 1. The first-order valence-corrected chi connectivity index (χ1v) is 9.24. The Morgan fingerprint density at radius 3 is 2.48 bits per heavy atom. The third-order valence-electron chi connectivity index (χ3n) is 4.79. The zero-order chi connectivity index (χ0) is 19.1. The summed E-state index contributed by atoms with van der Waals surface area (Å²) in [6.07, 6.45) is 2.34. The number of nitrogens with one attached hydrogen (secondary N) is 2. The van der Waals surface area contributed by atoms with Crippen LogP contribution in [0, 0.1) is 0 Å². The molecule has 7 heteroatoms. The molecule has 1 aromatic heterocycles. The van der Waals surface area contributed by atoms with E-state index in [2.05, 4.69) is 32.2 Å². The summed E-state index contributed by atoms with van der Waals surface area (Å²) in [5.41, 5.74) is 1.49. The van der Waals surface area contributed by atoms with Gasteiger partial charge >= 0.3 is 0 Å². The molecule has 1 fully saturated rings. The Kier molecular flexibility index (Phi) is 6.49. The van der Waals surface area contributed by atoms with E-state index in [0.29, 0.717) is 12.1 Å². The molecule has 2 aromatic rings. The maximum atomic E-state index is 12.0. The molecule has 3 rings (SSSR count). The predicted molar refractivity (Wildman–Crippen MR) is 106 cm³/mol. The molecule has 1 aliphatic heterocycles. The van der Waals surface area contributed by atoms with Crippen LogP contribution in [-0.4, -0.2) is 62.2 Å². The Morgan fingerprint density at radius 1 is 1.11 bits per heavy atom. The van der Waals surface area contributed by atoms with Gasteiger partial charge in [0.2, 0.25) is 5.56 Å². The second-order valence-electron chi connectivity index (χ2n) is 6.58. The molecule has 0 spiro atoms. The highest BCUT2D eigenvalue weighted by Crippen LogP contribution is 2.20. The summed E-state index contributed by atoms with van der Waals surface area (Å²) in [7, 11) is 1.68. The van der Waals surface area contributed by atoms with Crippen molar-refractivity contribution in [2.24, 2.45) is 0 Å². The molecule has 1 saturated heterocycles. The van der Waals surface area contributed by atoms with Crippen molar-refractivity contribution in [3.63, 3.8) is 0 Å². The molecule has 2 heterocycles. The lowest BCUT2D eigenvalue weighted by Crippen LogP contribution is -2.47. The molecular weight excluding hydrogens is 344 g/mol. The molecule has 0 unspecified atom stereocenters. The molecule has 0 aliphatic carbocycles. The average molecular weight is 370 g/mol. The van der Waals surface area contributed by atoms with E-state index in [1.807, 2.05) is 12.1 Å². The number of nitrogens with zero attached hydrogens (tertiary/aromatic N) is 2. The number of hydrogen-bond donors (Lipinski definition) is 2. The van der Waals surface area contributed by atoms with Crippen LogP contribution < -0.4 is 20.5 Å². The Balaban J connectivity index is 1.35. The number of rotatable bonds is 7. The van der Waals surface area contributed by atoms with Crippen molar-refractivity contribution in [3.8, 4) is 5.75 Å². The summed E-state index contributed by atoms with van der Waals surface area (Å²) >= 11 is 0. The fourth-order valence-corrected chi connectivity index (χ4v) is 3.18. The smallest absolute Gasteiger partial charge is 0.252 e. The van der Waals surface area contributed by atoms with Gasteiger partial charge in [0.05, 0.1) is 12.7 Å². The minimum atomic E-state index is -0.208. The number of anilines is 1. The Morgan fingerprint density at radius 2 is 1.85 bits per heavy atom. The van der Waals surface area contributed by atoms with Gasteiger partial charge in [0, 0.05) is 50.7 Å². The Hall–Kier alpha value is -2.80. The van der Waals surface area contributed by atoms with Crippen molar-refractivity contribution in [2.75, 3.05) is 51.3 Å². The number of aromatic nitrogens is 1. The normalized spacial score (nSPS) is 14.8. The van der Waals surface area contributed by atoms with E-state index in [-0.39, 0.29) is 11.5 Å². The maximum Gasteiger partial charge on any atom is 0.252 e. The van der Waals surface area contributed by atoms with Crippen molar-refractivity contribution >= 4 is 11.6 Å². The van der Waals surface area contributed by atoms with Gasteiger partial charge in [-0.2, -0.15) is 0 Å². The van der Waals surface area contributed by atoms with Crippen LogP contribution in [0.5, 0.6) is 5.75 Å². The van der Waals surface area contributed by atoms with Crippen LogP contribution in [0.4, 0.5) is 5.69 Å². The van der Waals surface area contributed by atoms with Crippen LogP contribution >= 0.6 is 0 Å². The fraction of sp³-hybridized carbons (Fsp3) is 0.400. The van der Waals surface area contributed by atoms with Crippen molar-refractivity contribution in [1.29, 1.82) is 0 Å². The van der Waals surface area contributed by atoms with Gasteiger partial charge in [-0.05, 0) is 43.3 Å². The van der Waals surface area contributed by atoms with Crippen LogP contribution in [0.25, 0.3) is 0 Å². The molecule has 2 N–H and O–H groups in total. The zero-order valence-corrected chi connectivity index (χ0v) is 15.6. The van der Waals surface area contributed by atoms with E-state index < -0.39 is 0 Å². The van der Waals surface area contributed by atoms with Gasteiger partial charge in [-0.25, -0.2) is 0 Å². The standard InChI is InChI=1S/C20H26N4O3/c1-27-18-6-4-17(5-7-18)24-13-11-23(12-14-24)10-2-9-21-20(26)16-3-8-19(25)22-15-16/h3-8,15H,2,9-14H2,1H3,(H,21,26)(H,22,25). The number of benzene rings is 1. The molecule has 1 aliphatic rings. The zero-order valence-electron chi connectivity index (χ0n) is 15.6. The van der Waals surface area contributed by atoms with Crippen LogP contribution in [0.3, 0.4) is 0 Å². The minimum Gasteiger partial charge on any atom is -0.497 e. The summed E-state index contributed by atoms with van der Waals surface area (Å²) in [5.74, 6) is 0.719. The molecular formula is C20H26N4O3. The quantitative estimate of drug-likeness (QED) is 0.719. The van der Waals surface area contributed by atoms with Crippen LogP contribution in [0.1, 0.15) is 16.8 Å². The molecule has 0 atom stereocenters. The SMILES string of the molecule is COc1ccc(N2CCN(CCCNC(=O)c3ccc(=O)[nH]c3)CC2)cc1. The van der Waals surface area contributed by atoms with Gasteiger partial charge < -0.3 is 19.9 Å². The lowest BCUT2D eigenvalue weighted by Gasteiger charge is -2.36. The number of ether oxygens (including phenoxy) is 1. The van der Waals surface area contributed by atoms with Crippen molar-refractivity contribution in [3.05, 3.63) is 58.5 Å². The summed E-state index contributed by atoms with van der Waals surface area (Å²) in [5, 5.41) is 2.89. The van der Waals surface area contributed by atoms with E-state index in [1.54, 1.807) is 7.11 Å². The van der Waals surface area contributed by atoms with E-state index in [0.717, 1.165) is 44.9 Å². The first kappa shape index (κ1) is 19.0. The van der Waals surface area contributed by atoms with Crippen molar-refractivity contribution in [1.82, 2.24) is 15.2 Å². The first-order chi connectivity index (χ1) is 13.2. The highest BCUT2D eigenvalue weighted by molar-refractivity contribution is 5.93. The van der Waals surface area contributed by atoms with Crippen molar-refractivity contribution < 1.29 is 9.53 Å². The molecule has 144 valence electrons. The number of methoxy groups -OCH3 is 1. The highest BCUT2D eigenvalue weighted by Gasteiger charge is 2.17. The van der Waals surface area contributed by atoms with Gasteiger partial charge in [0.15, 0.2) is 0 Å². The summed E-state index contributed by atoms with van der Waals surface area (Å²) in [6.45, 7) is 5.60. The van der Waals surface area contributed by atoms with E-state index in [1.165, 1.54) is 24.0 Å². The van der Waals surface area contributed by atoms with Crippen molar-refractivity contribution in [2.45, 2.75) is 6.42 Å². The number of H-pyrrole nitrogens is 1. The molecule has 0 radical (unpaired) electrons. The van der Waals surface area contributed by atoms with Gasteiger partial charge in [-0.1, -0.05) is 0 Å². The fourth-order valence-electron chi connectivity index (χ4n) is 3.18. The average Bonchev–Trinajstić information content (AvgIpc) is 2.72. The summed E-state index contributed by atoms with van der Waals surface area (Å²) in [6, 6.07) is 11.1. The molecule has 7 nitrogen and oxygen atoms in total. The lowest BCUT2D eigenvalue weighted by atomic mass is 10.2. The molecule has 1 aromatic carbocycles. The van der Waals surface area contributed by atoms with E-state index in [4.69, 9.17) is 4.74 Å². The third kappa shape index (κ3) is 5.34. The van der Waals surface area contributed by atoms with Gasteiger partial charge in [-0.15, -0.1) is 0 Å². The Bertz CT molecular complexity index is 775. The number of hydrogen-bond acceptors (Lipinski definition) is 5. The number of carbonyl (C=O) groups is 1. The number of amides is 1. The molecule has 0 saturated carbocycles. The minimum absolute atomic E-state index is 0.157. The van der Waals surface area contributed by atoms with Crippen LogP contribution in [-0.2, 0) is 0 Å². The lowest BCUT2D eigenvalue weighted by molar-refractivity contribution is 0.0951. The third-order valence-corrected chi connectivity index (χ3v) is 4.79. The number of piperazine rings is 1. The van der Waals surface area contributed by atoms with Crippen LogP contribution in [0.2, 0.25) is 0 Å². The number of aromatic amines is 1. The largest absolute Gasteiger partial charge is 0.497 e. The molecule has 27 heavy (non-hydrogen) atoms. The second kappa shape index (κ2) is 9.23. The summed E-state index contributed by atoms with van der Waals surface area (Å²) in [4.78, 5) is 30.3. The predicted octanol–water partition coefficient (Wildman–Crippen LogP) is 1.33. The Labute approximate surface area is 158 Å².